The summed E-state index contributed by atoms with van der Waals surface area (Å²) in [6.07, 6.45) is 1.67. The van der Waals surface area contributed by atoms with Crippen molar-refractivity contribution in [3.05, 3.63) is 84.3 Å². The molecule has 1 heterocycles. The Balaban J connectivity index is 1.50. The van der Waals surface area contributed by atoms with Gasteiger partial charge >= 0.3 is 0 Å². The molecule has 134 valence electrons. The van der Waals surface area contributed by atoms with Crippen molar-refractivity contribution in [1.29, 1.82) is 0 Å². The smallest absolute Gasteiger partial charge is 0.220 e. The molecule has 4 rings (SSSR count). The van der Waals surface area contributed by atoms with E-state index in [-0.39, 0.29) is 11.8 Å². The third-order valence-electron chi connectivity index (χ3n) is 4.16. The summed E-state index contributed by atoms with van der Waals surface area (Å²) >= 11 is 1.46. The Morgan fingerprint density at radius 2 is 1.74 bits per heavy atom. The molecule has 0 radical (unpaired) electrons. The SMILES string of the molecule is Nc1ncc2cc(-c3ccc(NSCc4ccccc4)c(F)c3)ccc2n1. The zero-order valence-corrected chi connectivity index (χ0v) is 15.2. The van der Waals surface area contributed by atoms with E-state index in [0.717, 1.165) is 27.8 Å². The maximum atomic E-state index is 14.5. The van der Waals surface area contributed by atoms with Crippen LogP contribution in [-0.2, 0) is 5.75 Å². The first kappa shape index (κ1) is 17.3. The van der Waals surface area contributed by atoms with Crippen molar-refractivity contribution >= 4 is 34.5 Å². The van der Waals surface area contributed by atoms with Crippen molar-refractivity contribution in [1.82, 2.24) is 9.97 Å². The highest BCUT2D eigenvalue weighted by molar-refractivity contribution is 7.99. The number of hydrogen-bond donors (Lipinski definition) is 2. The Kier molecular flexibility index (Phi) is 4.89. The molecule has 27 heavy (non-hydrogen) atoms. The fraction of sp³-hybridized carbons (Fsp3) is 0.0476. The van der Waals surface area contributed by atoms with Gasteiger partial charge in [-0.1, -0.05) is 42.5 Å². The Bertz CT molecular complexity index is 1090. The van der Waals surface area contributed by atoms with Crippen LogP contribution in [0, 0.1) is 5.82 Å². The van der Waals surface area contributed by atoms with Crippen molar-refractivity contribution in [2.24, 2.45) is 0 Å². The molecular weight excluding hydrogens is 359 g/mol. The lowest BCUT2D eigenvalue weighted by Crippen LogP contribution is -1.94. The summed E-state index contributed by atoms with van der Waals surface area (Å²) < 4.78 is 17.6. The maximum absolute atomic E-state index is 14.5. The normalized spacial score (nSPS) is 10.9. The number of nitrogen functional groups attached to an aromatic ring is 1. The fourth-order valence-electron chi connectivity index (χ4n) is 2.78. The first-order valence-corrected chi connectivity index (χ1v) is 9.41. The van der Waals surface area contributed by atoms with Gasteiger partial charge in [0.05, 0.1) is 11.2 Å². The van der Waals surface area contributed by atoms with Crippen LogP contribution in [0.2, 0.25) is 0 Å². The molecule has 0 saturated heterocycles. The van der Waals surface area contributed by atoms with Gasteiger partial charge in [0, 0.05) is 17.3 Å². The van der Waals surface area contributed by atoms with Gasteiger partial charge in [0.2, 0.25) is 5.95 Å². The minimum atomic E-state index is -0.290. The van der Waals surface area contributed by atoms with E-state index >= 15 is 0 Å². The third-order valence-corrected chi connectivity index (χ3v) is 5.01. The number of rotatable bonds is 5. The predicted molar refractivity (Wildman–Crippen MR) is 111 cm³/mol. The van der Waals surface area contributed by atoms with Crippen LogP contribution in [-0.4, -0.2) is 9.97 Å². The van der Waals surface area contributed by atoms with Crippen molar-refractivity contribution in [2.45, 2.75) is 5.75 Å². The molecule has 0 spiro atoms. The van der Waals surface area contributed by atoms with E-state index in [0.29, 0.717) is 5.69 Å². The van der Waals surface area contributed by atoms with Crippen LogP contribution in [0.25, 0.3) is 22.0 Å². The minimum Gasteiger partial charge on any atom is -0.368 e. The van der Waals surface area contributed by atoms with E-state index in [1.165, 1.54) is 23.6 Å². The second-order valence-electron chi connectivity index (χ2n) is 6.07. The molecule has 0 saturated carbocycles. The molecule has 0 atom stereocenters. The van der Waals surface area contributed by atoms with E-state index in [2.05, 4.69) is 14.7 Å². The van der Waals surface area contributed by atoms with E-state index in [4.69, 9.17) is 5.73 Å². The number of benzene rings is 3. The Hall–Kier alpha value is -3.12. The molecule has 6 heteroatoms. The largest absolute Gasteiger partial charge is 0.368 e. The molecule has 0 unspecified atom stereocenters. The quantitative estimate of drug-likeness (QED) is 0.464. The molecule has 0 aliphatic carbocycles. The van der Waals surface area contributed by atoms with Crippen molar-refractivity contribution < 1.29 is 4.39 Å². The molecule has 0 amide bonds. The molecule has 0 bridgehead atoms. The topological polar surface area (TPSA) is 63.8 Å². The van der Waals surface area contributed by atoms with Crippen molar-refractivity contribution in [3.8, 4) is 11.1 Å². The zero-order chi connectivity index (χ0) is 18.6. The number of hydrogen-bond acceptors (Lipinski definition) is 5. The summed E-state index contributed by atoms with van der Waals surface area (Å²) in [5.41, 5.74) is 9.72. The maximum Gasteiger partial charge on any atom is 0.220 e. The number of anilines is 2. The molecule has 0 fully saturated rings. The van der Waals surface area contributed by atoms with Crippen molar-refractivity contribution in [2.75, 3.05) is 10.5 Å². The predicted octanol–water partition coefficient (Wildman–Crippen LogP) is 5.28. The number of nitrogens with two attached hydrogens (primary N) is 1. The van der Waals surface area contributed by atoms with Gasteiger partial charge in [-0.2, -0.15) is 0 Å². The Morgan fingerprint density at radius 3 is 2.56 bits per heavy atom. The molecule has 0 aliphatic rings. The zero-order valence-electron chi connectivity index (χ0n) is 14.4. The van der Waals surface area contributed by atoms with Crippen LogP contribution >= 0.6 is 11.9 Å². The van der Waals surface area contributed by atoms with Gasteiger partial charge in [-0.25, -0.2) is 14.4 Å². The standard InChI is InChI=1S/C21H17FN4S/c22-18-11-16(15-6-8-19-17(10-15)12-24-21(23)25-19)7-9-20(18)26-27-13-14-4-2-1-3-5-14/h1-12,26H,13H2,(H2,23,24,25). The Morgan fingerprint density at radius 1 is 0.963 bits per heavy atom. The summed E-state index contributed by atoms with van der Waals surface area (Å²) in [5, 5.41) is 0.864. The average molecular weight is 376 g/mol. The minimum absolute atomic E-state index is 0.240. The van der Waals surface area contributed by atoms with Crippen LogP contribution in [0.3, 0.4) is 0 Å². The molecule has 4 nitrogen and oxygen atoms in total. The van der Waals surface area contributed by atoms with Gasteiger partial charge in [0.25, 0.3) is 0 Å². The van der Waals surface area contributed by atoms with E-state index in [1.807, 2.05) is 54.6 Å². The number of nitrogens with zero attached hydrogens (tertiary/aromatic N) is 2. The molecule has 4 aromatic rings. The molecular formula is C21H17FN4S. The molecule has 3 aromatic carbocycles. The fourth-order valence-corrected chi connectivity index (χ4v) is 3.53. The highest BCUT2D eigenvalue weighted by Crippen LogP contribution is 2.28. The number of aromatic nitrogens is 2. The lowest BCUT2D eigenvalue weighted by molar-refractivity contribution is 0.633. The average Bonchev–Trinajstić information content (AvgIpc) is 2.69. The summed E-state index contributed by atoms with van der Waals surface area (Å²) in [6, 6.07) is 20.9. The van der Waals surface area contributed by atoms with Crippen LogP contribution < -0.4 is 10.5 Å². The van der Waals surface area contributed by atoms with E-state index < -0.39 is 0 Å². The molecule has 1 aromatic heterocycles. The van der Waals surface area contributed by atoms with Gasteiger partial charge in [-0.05, 0) is 52.9 Å². The number of halogens is 1. The lowest BCUT2D eigenvalue weighted by atomic mass is 10.0. The second-order valence-corrected chi connectivity index (χ2v) is 6.85. The van der Waals surface area contributed by atoms with Crippen LogP contribution in [0.1, 0.15) is 5.56 Å². The van der Waals surface area contributed by atoms with Crippen LogP contribution in [0.15, 0.2) is 72.9 Å². The van der Waals surface area contributed by atoms with E-state index in [1.54, 1.807) is 12.3 Å². The highest BCUT2D eigenvalue weighted by atomic mass is 32.2. The number of nitrogens with one attached hydrogen (secondary N) is 1. The van der Waals surface area contributed by atoms with Gasteiger partial charge in [-0.15, -0.1) is 0 Å². The first-order valence-electron chi connectivity index (χ1n) is 8.43. The summed E-state index contributed by atoms with van der Waals surface area (Å²) in [5.74, 6) is 0.710. The highest BCUT2D eigenvalue weighted by Gasteiger charge is 2.07. The second kappa shape index (κ2) is 7.63. The van der Waals surface area contributed by atoms with Gasteiger partial charge in [0.15, 0.2) is 0 Å². The Labute approximate surface area is 160 Å². The lowest BCUT2D eigenvalue weighted by Gasteiger charge is -2.09. The first-order chi connectivity index (χ1) is 13.2. The van der Waals surface area contributed by atoms with Crippen molar-refractivity contribution in [3.63, 3.8) is 0 Å². The van der Waals surface area contributed by atoms with Gasteiger partial charge < -0.3 is 10.5 Å². The number of fused-ring (bicyclic) bond motifs is 1. The van der Waals surface area contributed by atoms with E-state index in [9.17, 15) is 4.39 Å². The summed E-state index contributed by atoms with van der Waals surface area (Å²) in [7, 11) is 0. The summed E-state index contributed by atoms with van der Waals surface area (Å²) in [4.78, 5) is 8.19. The third kappa shape index (κ3) is 4.01. The molecule has 0 aliphatic heterocycles. The van der Waals surface area contributed by atoms with Gasteiger partial charge in [0.1, 0.15) is 5.82 Å². The van der Waals surface area contributed by atoms with Crippen LogP contribution in [0.5, 0.6) is 0 Å². The molecule has 3 N–H and O–H groups in total. The monoisotopic (exact) mass is 376 g/mol. The van der Waals surface area contributed by atoms with Gasteiger partial charge in [-0.3, -0.25) is 0 Å². The summed E-state index contributed by atoms with van der Waals surface area (Å²) in [6.45, 7) is 0. The van der Waals surface area contributed by atoms with Crippen LogP contribution in [0.4, 0.5) is 16.0 Å².